The normalized spacial score (nSPS) is 9.96. The van der Waals surface area contributed by atoms with Crippen molar-refractivity contribution in [1.82, 2.24) is 0 Å². The maximum Gasteiger partial charge on any atom is 0.344 e. The Balaban J connectivity index is 1.90. The molecule has 2 rings (SSSR count). The van der Waals surface area contributed by atoms with E-state index in [-0.39, 0.29) is 24.5 Å². The number of hydrogen-bond donors (Lipinski definition) is 1. The lowest BCUT2D eigenvalue weighted by atomic mass is 10.1. The number of nitrogens with two attached hydrogens (primary N) is 1. The van der Waals surface area contributed by atoms with Gasteiger partial charge in [0, 0.05) is 0 Å². The van der Waals surface area contributed by atoms with Gasteiger partial charge < -0.3 is 19.9 Å². The number of para-hydroxylation sites is 1. The molecule has 0 heterocycles. The molecule has 0 radical (unpaired) electrons. The quantitative estimate of drug-likeness (QED) is 0.767. The van der Waals surface area contributed by atoms with Crippen LogP contribution in [0.15, 0.2) is 48.5 Å². The first-order chi connectivity index (χ1) is 12.0. The van der Waals surface area contributed by atoms with Crippen LogP contribution < -0.4 is 10.5 Å². The van der Waals surface area contributed by atoms with E-state index in [0.717, 1.165) is 0 Å². The SMILES string of the molecule is COC(=O)c1cccc(COC(=O)COc2ccccc2C(N)=O)c1. The summed E-state index contributed by atoms with van der Waals surface area (Å²) in [5, 5.41) is 0. The predicted octanol–water partition coefficient (Wildman–Crippen LogP) is 1.69. The Labute approximate surface area is 144 Å². The van der Waals surface area contributed by atoms with Crippen LogP contribution >= 0.6 is 0 Å². The smallest absolute Gasteiger partial charge is 0.344 e. The topological polar surface area (TPSA) is 105 Å². The van der Waals surface area contributed by atoms with Crippen LogP contribution in [0.25, 0.3) is 0 Å². The van der Waals surface area contributed by atoms with E-state index in [2.05, 4.69) is 4.74 Å². The molecule has 2 aromatic rings. The second-order valence-corrected chi connectivity index (χ2v) is 5.00. The molecule has 0 aliphatic rings. The van der Waals surface area contributed by atoms with Crippen molar-refractivity contribution in [2.24, 2.45) is 5.73 Å². The highest BCUT2D eigenvalue weighted by Gasteiger charge is 2.12. The molecule has 25 heavy (non-hydrogen) atoms. The fraction of sp³-hybridized carbons (Fsp3) is 0.167. The Hall–Kier alpha value is -3.35. The highest BCUT2D eigenvalue weighted by molar-refractivity contribution is 5.95. The molecule has 0 unspecified atom stereocenters. The lowest BCUT2D eigenvalue weighted by molar-refractivity contribution is -0.147. The Kier molecular flexibility index (Phi) is 6.11. The van der Waals surface area contributed by atoms with Crippen molar-refractivity contribution in [2.45, 2.75) is 6.61 Å². The molecular weight excluding hydrogens is 326 g/mol. The molecule has 2 aromatic carbocycles. The summed E-state index contributed by atoms with van der Waals surface area (Å²) in [6, 6.07) is 12.9. The number of benzene rings is 2. The number of rotatable bonds is 7. The van der Waals surface area contributed by atoms with E-state index in [1.807, 2.05) is 0 Å². The molecule has 2 N–H and O–H groups in total. The summed E-state index contributed by atoms with van der Waals surface area (Å²) in [4.78, 5) is 34.5. The monoisotopic (exact) mass is 343 g/mol. The zero-order valence-corrected chi connectivity index (χ0v) is 13.6. The number of hydrogen-bond acceptors (Lipinski definition) is 6. The Morgan fingerprint density at radius 2 is 1.80 bits per heavy atom. The Bertz CT molecular complexity index is 787. The molecular formula is C18H17NO6. The number of methoxy groups -OCH3 is 1. The van der Waals surface area contributed by atoms with E-state index < -0.39 is 17.8 Å². The van der Waals surface area contributed by atoms with Gasteiger partial charge in [-0.15, -0.1) is 0 Å². The lowest BCUT2D eigenvalue weighted by Crippen LogP contribution is -2.18. The minimum atomic E-state index is -0.649. The summed E-state index contributed by atoms with van der Waals surface area (Å²) in [7, 11) is 1.29. The van der Waals surface area contributed by atoms with Gasteiger partial charge >= 0.3 is 11.9 Å². The van der Waals surface area contributed by atoms with Crippen molar-refractivity contribution in [3.05, 3.63) is 65.2 Å². The number of carbonyl (C=O) groups is 3. The van der Waals surface area contributed by atoms with Crippen LogP contribution in [0.2, 0.25) is 0 Å². The van der Waals surface area contributed by atoms with Crippen LogP contribution in [0.1, 0.15) is 26.3 Å². The highest BCUT2D eigenvalue weighted by atomic mass is 16.6. The summed E-state index contributed by atoms with van der Waals surface area (Å²) >= 11 is 0. The average molecular weight is 343 g/mol. The van der Waals surface area contributed by atoms with E-state index in [0.29, 0.717) is 11.1 Å². The molecule has 0 fully saturated rings. The van der Waals surface area contributed by atoms with Crippen molar-refractivity contribution < 1.29 is 28.6 Å². The second-order valence-electron chi connectivity index (χ2n) is 5.00. The third-order valence-electron chi connectivity index (χ3n) is 3.25. The molecule has 0 atom stereocenters. The van der Waals surface area contributed by atoms with Crippen LogP contribution in [-0.2, 0) is 20.9 Å². The summed E-state index contributed by atoms with van der Waals surface area (Å²) in [6.07, 6.45) is 0. The van der Waals surface area contributed by atoms with E-state index >= 15 is 0 Å². The first-order valence-electron chi connectivity index (χ1n) is 7.35. The number of primary amides is 1. The fourth-order valence-corrected chi connectivity index (χ4v) is 2.04. The molecule has 0 aliphatic heterocycles. The maximum absolute atomic E-state index is 11.8. The van der Waals surface area contributed by atoms with Gasteiger partial charge in [-0.2, -0.15) is 0 Å². The minimum absolute atomic E-state index is 0.0233. The minimum Gasteiger partial charge on any atom is -0.481 e. The molecule has 0 saturated carbocycles. The average Bonchev–Trinajstić information content (AvgIpc) is 2.64. The molecule has 0 bridgehead atoms. The number of esters is 2. The third-order valence-corrected chi connectivity index (χ3v) is 3.25. The van der Waals surface area contributed by atoms with E-state index in [1.54, 1.807) is 36.4 Å². The van der Waals surface area contributed by atoms with Gasteiger partial charge in [-0.1, -0.05) is 24.3 Å². The fourth-order valence-electron chi connectivity index (χ4n) is 2.04. The van der Waals surface area contributed by atoms with E-state index in [9.17, 15) is 14.4 Å². The summed E-state index contributed by atoms with van der Waals surface area (Å²) in [6.45, 7) is -0.397. The summed E-state index contributed by atoms with van der Waals surface area (Å²) in [5.74, 6) is -1.54. The first-order valence-corrected chi connectivity index (χ1v) is 7.35. The highest BCUT2D eigenvalue weighted by Crippen LogP contribution is 2.17. The largest absolute Gasteiger partial charge is 0.481 e. The molecule has 7 heteroatoms. The molecule has 0 aliphatic carbocycles. The van der Waals surface area contributed by atoms with Crippen LogP contribution in [0.4, 0.5) is 0 Å². The molecule has 0 saturated heterocycles. The second kappa shape index (κ2) is 8.49. The maximum atomic E-state index is 11.8. The van der Waals surface area contributed by atoms with Gasteiger partial charge in [0.05, 0.1) is 18.2 Å². The van der Waals surface area contributed by atoms with E-state index in [4.69, 9.17) is 15.2 Å². The van der Waals surface area contributed by atoms with Gasteiger partial charge in [0.1, 0.15) is 12.4 Å². The van der Waals surface area contributed by atoms with Crippen molar-refractivity contribution in [1.29, 1.82) is 0 Å². The van der Waals surface area contributed by atoms with Gasteiger partial charge in [0.15, 0.2) is 6.61 Å². The number of carbonyl (C=O) groups excluding carboxylic acids is 3. The van der Waals surface area contributed by atoms with Gasteiger partial charge in [0.2, 0.25) is 0 Å². The first kappa shape index (κ1) is 18.0. The Morgan fingerprint density at radius 3 is 2.52 bits per heavy atom. The molecule has 0 aromatic heterocycles. The van der Waals surface area contributed by atoms with Crippen molar-refractivity contribution in [3.8, 4) is 5.75 Å². The molecule has 130 valence electrons. The van der Waals surface area contributed by atoms with Gasteiger partial charge in [-0.3, -0.25) is 4.79 Å². The van der Waals surface area contributed by atoms with Gasteiger partial charge in [-0.05, 0) is 29.8 Å². The van der Waals surface area contributed by atoms with Crippen LogP contribution in [0.3, 0.4) is 0 Å². The van der Waals surface area contributed by atoms with Crippen LogP contribution in [0, 0.1) is 0 Å². The summed E-state index contributed by atoms with van der Waals surface area (Å²) < 4.78 is 15.0. The molecule has 1 amide bonds. The number of ether oxygens (including phenoxy) is 3. The van der Waals surface area contributed by atoms with Crippen molar-refractivity contribution in [3.63, 3.8) is 0 Å². The Morgan fingerprint density at radius 1 is 1.04 bits per heavy atom. The third kappa shape index (κ3) is 5.07. The van der Waals surface area contributed by atoms with Crippen molar-refractivity contribution >= 4 is 17.8 Å². The van der Waals surface area contributed by atoms with Crippen LogP contribution in [-0.4, -0.2) is 31.6 Å². The summed E-state index contributed by atoms with van der Waals surface area (Å²) in [5.41, 5.74) is 6.41. The zero-order valence-electron chi connectivity index (χ0n) is 13.6. The van der Waals surface area contributed by atoms with Crippen molar-refractivity contribution in [2.75, 3.05) is 13.7 Å². The predicted molar refractivity (Wildman–Crippen MR) is 88.0 cm³/mol. The molecule has 7 nitrogen and oxygen atoms in total. The number of amides is 1. The standard InChI is InChI=1S/C18H17NO6/c1-23-18(22)13-6-4-5-12(9-13)10-25-16(20)11-24-15-8-3-2-7-14(15)17(19)21/h2-9H,10-11H2,1H3,(H2,19,21). The van der Waals surface area contributed by atoms with Crippen LogP contribution in [0.5, 0.6) is 5.75 Å². The molecule has 0 spiro atoms. The van der Waals surface area contributed by atoms with Gasteiger partial charge in [-0.25, -0.2) is 9.59 Å². The van der Waals surface area contributed by atoms with E-state index in [1.165, 1.54) is 19.2 Å². The lowest BCUT2D eigenvalue weighted by Gasteiger charge is -2.10. The zero-order chi connectivity index (χ0) is 18.2. The van der Waals surface area contributed by atoms with Gasteiger partial charge in [0.25, 0.3) is 5.91 Å².